The summed E-state index contributed by atoms with van der Waals surface area (Å²) in [5.41, 5.74) is 4.06. The van der Waals surface area contributed by atoms with Crippen LogP contribution < -0.4 is 10.1 Å². The van der Waals surface area contributed by atoms with Gasteiger partial charge in [0, 0.05) is 34.8 Å². The predicted molar refractivity (Wildman–Crippen MR) is 140 cm³/mol. The van der Waals surface area contributed by atoms with Crippen LogP contribution in [0.15, 0.2) is 55.0 Å². The number of benzene rings is 1. The summed E-state index contributed by atoms with van der Waals surface area (Å²) < 4.78 is 6.00. The highest BCUT2D eigenvalue weighted by Crippen LogP contribution is 2.38. The summed E-state index contributed by atoms with van der Waals surface area (Å²) in [5, 5.41) is 4.49. The number of pyridine rings is 1. The standard InChI is InChI=1S/C26H24ClN5O2S/c1-16-12-18(6-8-21(16)34-19-7-5-17(2)28-13-19)31-25-24-20-9-11-32(23(33)4-3-10-27)14-22(20)35-26(24)30-15-29-25/h3-8,12-13,15H,9-11,14H2,1-2H3,(H,29,30,31)/b4-3+. The Balaban J connectivity index is 1.38. The molecule has 7 nitrogen and oxygen atoms in total. The van der Waals surface area contributed by atoms with E-state index in [4.69, 9.17) is 16.3 Å². The number of thiophene rings is 1. The number of aromatic nitrogens is 3. The number of amides is 1. The van der Waals surface area contributed by atoms with E-state index in [9.17, 15) is 4.79 Å². The lowest BCUT2D eigenvalue weighted by molar-refractivity contribution is -0.126. The quantitative estimate of drug-likeness (QED) is 0.259. The minimum Gasteiger partial charge on any atom is -0.455 e. The van der Waals surface area contributed by atoms with E-state index in [0.717, 1.165) is 50.0 Å². The second-order valence-corrected chi connectivity index (χ2v) is 9.71. The lowest BCUT2D eigenvalue weighted by atomic mass is 10.0. The number of allylic oxidation sites excluding steroid dienone is 1. The number of hydrogen-bond acceptors (Lipinski definition) is 7. The average molecular weight is 506 g/mol. The van der Waals surface area contributed by atoms with Crippen LogP contribution >= 0.6 is 22.9 Å². The maximum Gasteiger partial charge on any atom is 0.246 e. The van der Waals surface area contributed by atoms with E-state index in [2.05, 4.69) is 20.3 Å². The van der Waals surface area contributed by atoms with Crippen LogP contribution in [0.25, 0.3) is 10.2 Å². The van der Waals surface area contributed by atoms with Crippen molar-refractivity contribution < 1.29 is 9.53 Å². The van der Waals surface area contributed by atoms with Crippen LogP contribution in [0.5, 0.6) is 11.5 Å². The third kappa shape index (κ3) is 4.99. The van der Waals surface area contributed by atoms with Crippen molar-refractivity contribution in [2.45, 2.75) is 26.8 Å². The van der Waals surface area contributed by atoms with E-state index in [1.807, 2.05) is 49.1 Å². The molecule has 4 heterocycles. The monoisotopic (exact) mass is 505 g/mol. The normalized spacial score (nSPS) is 13.3. The van der Waals surface area contributed by atoms with Gasteiger partial charge in [0.15, 0.2) is 0 Å². The summed E-state index contributed by atoms with van der Waals surface area (Å²) >= 11 is 7.29. The van der Waals surface area contributed by atoms with Crippen LogP contribution in [0, 0.1) is 13.8 Å². The molecule has 35 heavy (non-hydrogen) atoms. The van der Waals surface area contributed by atoms with Gasteiger partial charge in [-0.25, -0.2) is 9.97 Å². The molecule has 1 N–H and O–H groups in total. The average Bonchev–Trinajstić information content (AvgIpc) is 3.24. The number of hydrogen-bond donors (Lipinski definition) is 1. The first-order valence-electron chi connectivity index (χ1n) is 11.3. The number of alkyl halides is 1. The summed E-state index contributed by atoms with van der Waals surface area (Å²) in [5.74, 6) is 2.55. The lowest BCUT2D eigenvalue weighted by Gasteiger charge is -2.26. The third-order valence-electron chi connectivity index (χ3n) is 5.85. The van der Waals surface area contributed by atoms with E-state index in [0.29, 0.717) is 24.7 Å². The number of nitrogens with zero attached hydrogens (tertiary/aromatic N) is 4. The van der Waals surface area contributed by atoms with E-state index < -0.39 is 0 Å². The Bertz CT molecular complexity index is 1420. The van der Waals surface area contributed by atoms with Crippen molar-refractivity contribution in [3.05, 3.63) is 76.7 Å². The fourth-order valence-electron chi connectivity index (χ4n) is 4.08. The van der Waals surface area contributed by atoms with Gasteiger partial charge in [-0.05, 0) is 61.7 Å². The fourth-order valence-corrected chi connectivity index (χ4v) is 5.37. The molecule has 0 atom stereocenters. The fraction of sp³-hybridized carbons (Fsp3) is 0.231. The Kier molecular flexibility index (Phi) is 6.66. The molecule has 3 aromatic heterocycles. The molecule has 5 rings (SSSR count). The van der Waals surface area contributed by atoms with Crippen LogP contribution in [-0.2, 0) is 17.8 Å². The molecule has 0 saturated heterocycles. The smallest absolute Gasteiger partial charge is 0.246 e. The first-order chi connectivity index (χ1) is 17.0. The molecule has 0 fully saturated rings. The maximum atomic E-state index is 12.4. The summed E-state index contributed by atoms with van der Waals surface area (Å²) in [6, 6.07) is 9.78. The molecule has 1 aliphatic rings. The molecule has 9 heteroatoms. The van der Waals surface area contributed by atoms with Gasteiger partial charge < -0.3 is 15.0 Å². The van der Waals surface area contributed by atoms with Crippen molar-refractivity contribution in [1.29, 1.82) is 0 Å². The molecule has 1 aliphatic heterocycles. The van der Waals surface area contributed by atoms with Gasteiger partial charge in [-0.2, -0.15) is 0 Å². The zero-order chi connectivity index (χ0) is 24.4. The molecule has 0 aliphatic carbocycles. The van der Waals surface area contributed by atoms with Gasteiger partial charge in [-0.1, -0.05) is 6.08 Å². The predicted octanol–water partition coefficient (Wildman–Crippen LogP) is 5.92. The molecule has 0 unspecified atom stereocenters. The van der Waals surface area contributed by atoms with Crippen molar-refractivity contribution in [3.8, 4) is 11.5 Å². The first kappa shape index (κ1) is 23.3. The number of fused-ring (bicyclic) bond motifs is 3. The first-order valence-corrected chi connectivity index (χ1v) is 12.6. The van der Waals surface area contributed by atoms with Crippen LogP contribution in [0.4, 0.5) is 11.5 Å². The molecule has 4 aromatic rings. The summed E-state index contributed by atoms with van der Waals surface area (Å²) in [6.45, 7) is 5.17. The number of carbonyl (C=O) groups is 1. The van der Waals surface area contributed by atoms with E-state index in [-0.39, 0.29) is 5.91 Å². The minimum absolute atomic E-state index is 0.0163. The Labute approximate surface area is 212 Å². The number of anilines is 2. The van der Waals surface area contributed by atoms with E-state index in [1.165, 1.54) is 5.56 Å². The molecule has 0 saturated carbocycles. The number of rotatable bonds is 6. The largest absolute Gasteiger partial charge is 0.455 e. The topological polar surface area (TPSA) is 80.2 Å². The van der Waals surface area contributed by atoms with Gasteiger partial charge in [0.05, 0.1) is 18.1 Å². The minimum atomic E-state index is -0.0163. The highest BCUT2D eigenvalue weighted by atomic mass is 35.5. The highest BCUT2D eigenvalue weighted by molar-refractivity contribution is 7.19. The second kappa shape index (κ2) is 10.0. The van der Waals surface area contributed by atoms with Gasteiger partial charge in [0.2, 0.25) is 5.91 Å². The molecule has 178 valence electrons. The summed E-state index contributed by atoms with van der Waals surface area (Å²) in [6.07, 6.45) is 7.28. The van der Waals surface area contributed by atoms with E-state index in [1.54, 1.807) is 36.0 Å². The Hall–Kier alpha value is -3.49. The number of ether oxygens (including phenoxy) is 1. The van der Waals surface area contributed by atoms with Gasteiger partial charge in [-0.3, -0.25) is 9.78 Å². The Morgan fingerprint density at radius 2 is 2.11 bits per heavy atom. The molecule has 1 aromatic carbocycles. The van der Waals surface area contributed by atoms with Gasteiger partial charge in [0.25, 0.3) is 0 Å². The highest BCUT2D eigenvalue weighted by Gasteiger charge is 2.25. The van der Waals surface area contributed by atoms with Crippen molar-refractivity contribution in [1.82, 2.24) is 19.9 Å². The maximum absolute atomic E-state index is 12.4. The molecule has 0 radical (unpaired) electrons. The van der Waals surface area contributed by atoms with Crippen LogP contribution in [0.1, 0.15) is 21.7 Å². The van der Waals surface area contributed by atoms with Crippen molar-refractivity contribution in [2.24, 2.45) is 0 Å². The van der Waals surface area contributed by atoms with Gasteiger partial charge in [0.1, 0.15) is 28.5 Å². The van der Waals surface area contributed by atoms with Gasteiger partial charge in [-0.15, -0.1) is 22.9 Å². The van der Waals surface area contributed by atoms with Crippen molar-refractivity contribution in [3.63, 3.8) is 0 Å². The van der Waals surface area contributed by atoms with E-state index >= 15 is 0 Å². The molecular weight excluding hydrogens is 482 g/mol. The molecule has 0 bridgehead atoms. The zero-order valence-corrected chi connectivity index (χ0v) is 21.0. The van der Waals surface area contributed by atoms with Crippen LogP contribution in [0.3, 0.4) is 0 Å². The SMILES string of the molecule is Cc1ccc(Oc2ccc(Nc3ncnc4sc5c(c34)CCN(C(=O)/C=C/CCl)C5)cc2C)cn1. The van der Waals surface area contributed by atoms with Gasteiger partial charge >= 0.3 is 0 Å². The number of carbonyl (C=O) groups excluding carboxylic acids is 1. The third-order valence-corrected chi connectivity index (χ3v) is 7.15. The second-order valence-electron chi connectivity index (χ2n) is 8.32. The number of nitrogens with one attached hydrogen (secondary N) is 1. The molecule has 0 spiro atoms. The number of halogens is 1. The van der Waals surface area contributed by atoms with Crippen LogP contribution in [-0.4, -0.2) is 38.2 Å². The number of aryl methyl sites for hydroxylation is 2. The van der Waals surface area contributed by atoms with Crippen molar-refractivity contribution >= 4 is 50.6 Å². The van der Waals surface area contributed by atoms with Crippen molar-refractivity contribution in [2.75, 3.05) is 17.7 Å². The zero-order valence-electron chi connectivity index (χ0n) is 19.4. The summed E-state index contributed by atoms with van der Waals surface area (Å²) in [7, 11) is 0. The van der Waals surface area contributed by atoms with Crippen LogP contribution in [0.2, 0.25) is 0 Å². The molecule has 1 amide bonds. The summed E-state index contributed by atoms with van der Waals surface area (Å²) in [4.78, 5) is 29.6. The Morgan fingerprint density at radius 3 is 2.89 bits per heavy atom. The lowest BCUT2D eigenvalue weighted by Crippen LogP contribution is -2.34. The molecular formula is C26H24ClN5O2S. The Morgan fingerprint density at radius 1 is 1.23 bits per heavy atom.